The van der Waals surface area contributed by atoms with E-state index in [4.69, 9.17) is 5.11 Å². The standard InChI is InChI=1S/C7H10O4S/c1-4(2)12-5(7(10)11)3-6(8)9/h3-4H,1-2H3,(H,8,9)(H,10,11)/p-1/b5-3+. The topological polar surface area (TPSA) is 77.4 Å². The molecule has 68 valence electrons. The summed E-state index contributed by atoms with van der Waals surface area (Å²) in [4.78, 5) is 20.2. The van der Waals surface area contributed by atoms with Crippen LogP contribution >= 0.6 is 11.8 Å². The van der Waals surface area contributed by atoms with Crippen molar-refractivity contribution < 1.29 is 19.8 Å². The van der Waals surface area contributed by atoms with Crippen molar-refractivity contribution >= 4 is 23.7 Å². The van der Waals surface area contributed by atoms with Crippen molar-refractivity contribution in [1.29, 1.82) is 0 Å². The van der Waals surface area contributed by atoms with Gasteiger partial charge in [-0.05, 0) is 0 Å². The van der Waals surface area contributed by atoms with Crippen LogP contribution in [0.5, 0.6) is 0 Å². The van der Waals surface area contributed by atoms with Gasteiger partial charge in [0.2, 0.25) is 0 Å². The molecule has 0 unspecified atom stereocenters. The number of aliphatic carboxylic acids is 2. The van der Waals surface area contributed by atoms with Crippen LogP contribution in [0, 0.1) is 0 Å². The smallest absolute Gasteiger partial charge is 0.329 e. The summed E-state index contributed by atoms with van der Waals surface area (Å²) in [5.74, 6) is -2.72. The Morgan fingerprint density at radius 1 is 1.50 bits per heavy atom. The molecule has 0 saturated carbocycles. The molecule has 5 heteroatoms. The first kappa shape index (κ1) is 11.0. The predicted molar refractivity (Wildman–Crippen MR) is 43.5 cm³/mol. The van der Waals surface area contributed by atoms with Gasteiger partial charge in [0, 0.05) is 16.2 Å². The lowest BCUT2D eigenvalue weighted by Gasteiger charge is -2.08. The molecule has 0 aromatic carbocycles. The third-order valence-corrected chi connectivity index (χ3v) is 1.83. The van der Waals surface area contributed by atoms with E-state index in [0.29, 0.717) is 6.08 Å². The molecule has 0 amide bonds. The molecule has 12 heavy (non-hydrogen) atoms. The maximum Gasteiger partial charge on any atom is 0.329 e. The second kappa shape index (κ2) is 4.82. The second-order valence-electron chi connectivity index (χ2n) is 2.30. The number of carbonyl (C=O) groups is 2. The first-order valence-corrected chi connectivity index (χ1v) is 4.14. The van der Waals surface area contributed by atoms with Crippen LogP contribution in [0.1, 0.15) is 13.8 Å². The largest absolute Gasteiger partial charge is 0.544 e. The molecule has 0 aliphatic rings. The first-order valence-electron chi connectivity index (χ1n) is 3.26. The lowest BCUT2D eigenvalue weighted by molar-refractivity contribution is -0.298. The third kappa shape index (κ3) is 4.79. The van der Waals surface area contributed by atoms with E-state index in [1.165, 1.54) is 0 Å². The minimum atomic E-state index is -1.45. The van der Waals surface area contributed by atoms with Gasteiger partial charge in [-0.15, -0.1) is 11.8 Å². The first-order chi connectivity index (χ1) is 5.43. The maximum absolute atomic E-state index is 10.3. The number of carboxylic acids is 2. The van der Waals surface area contributed by atoms with Crippen LogP contribution in [0.2, 0.25) is 0 Å². The Labute approximate surface area is 74.3 Å². The summed E-state index contributed by atoms with van der Waals surface area (Å²) in [5, 5.41) is 18.6. The van der Waals surface area contributed by atoms with Crippen molar-refractivity contribution in [1.82, 2.24) is 0 Å². The molecule has 0 atom stereocenters. The number of hydrogen-bond acceptors (Lipinski definition) is 4. The SMILES string of the molecule is CC(C)S/C(=C/C(=O)O)C(=O)[O-]. The summed E-state index contributed by atoms with van der Waals surface area (Å²) in [7, 11) is 0. The summed E-state index contributed by atoms with van der Waals surface area (Å²) in [6.07, 6.45) is 0.639. The van der Waals surface area contributed by atoms with Gasteiger partial charge in [-0.1, -0.05) is 13.8 Å². The molecule has 4 nitrogen and oxygen atoms in total. The van der Waals surface area contributed by atoms with E-state index in [1.807, 2.05) is 0 Å². The van der Waals surface area contributed by atoms with Crippen LogP contribution in [0.15, 0.2) is 11.0 Å². The molecule has 0 heterocycles. The van der Waals surface area contributed by atoms with Crippen LogP contribution in [-0.4, -0.2) is 22.3 Å². The molecule has 0 spiro atoms. The number of thioether (sulfide) groups is 1. The average Bonchev–Trinajstić information content (AvgIpc) is 1.83. The number of carbonyl (C=O) groups excluding carboxylic acids is 1. The highest BCUT2D eigenvalue weighted by Gasteiger charge is 2.04. The number of rotatable bonds is 4. The van der Waals surface area contributed by atoms with Crippen LogP contribution in [0.4, 0.5) is 0 Å². The van der Waals surface area contributed by atoms with E-state index in [1.54, 1.807) is 13.8 Å². The molecular formula is C7H9O4S-. The Bertz CT molecular complexity index is 219. The van der Waals surface area contributed by atoms with Crippen molar-refractivity contribution in [3.8, 4) is 0 Å². The molecule has 0 aromatic rings. The Hall–Kier alpha value is -0.970. The number of carboxylic acid groups (broad SMARTS) is 2. The van der Waals surface area contributed by atoms with Gasteiger partial charge >= 0.3 is 5.97 Å². The van der Waals surface area contributed by atoms with Crippen molar-refractivity contribution in [2.75, 3.05) is 0 Å². The van der Waals surface area contributed by atoms with Gasteiger partial charge in [0.25, 0.3) is 0 Å². The van der Waals surface area contributed by atoms with Crippen LogP contribution in [0.3, 0.4) is 0 Å². The summed E-state index contributed by atoms with van der Waals surface area (Å²) in [5.41, 5.74) is 0. The molecule has 0 bridgehead atoms. The molecule has 0 radical (unpaired) electrons. The Kier molecular flexibility index (Phi) is 4.43. The summed E-state index contributed by atoms with van der Waals surface area (Å²) < 4.78 is 0. The third-order valence-electron chi connectivity index (χ3n) is 0.818. The molecule has 0 aromatic heterocycles. The van der Waals surface area contributed by atoms with Gasteiger partial charge in [-0.3, -0.25) is 0 Å². The molecule has 0 aliphatic heterocycles. The zero-order valence-corrected chi connectivity index (χ0v) is 7.55. The molecule has 0 aliphatic carbocycles. The van der Waals surface area contributed by atoms with Crippen molar-refractivity contribution in [2.24, 2.45) is 0 Å². The van der Waals surface area contributed by atoms with E-state index in [9.17, 15) is 14.7 Å². The molecule has 0 rings (SSSR count). The van der Waals surface area contributed by atoms with Gasteiger partial charge < -0.3 is 15.0 Å². The molecule has 0 saturated heterocycles. The lowest BCUT2D eigenvalue weighted by atomic mass is 10.5. The minimum Gasteiger partial charge on any atom is -0.544 e. The highest BCUT2D eigenvalue weighted by atomic mass is 32.2. The summed E-state index contributed by atoms with van der Waals surface area (Å²) >= 11 is 0.954. The van der Waals surface area contributed by atoms with Gasteiger partial charge in [0.15, 0.2) is 0 Å². The van der Waals surface area contributed by atoms with Gasteiger partial charge in [0.1, 0.15) is 0 Å². The van der Waals surface area contributed by atoms with Crippen LogP contribution in [-0.2, 0) is 9.59 Å². The lowest BCUT2D eigenvalue weighted by Crippen LogP contribution is -2.24. The summed E-state index contributed by atoms with van der Waals surface area (Å²) in [6.45, 7) is 3.53. The Morgan fingerprint density at radius 3 is 2.25 bits per heavy atom. The predicted octanol–water partition coefficient (Wildman–Crippen LogP) is -0.154. The fourth-order valence-corrected chi connectivity index (χ4v) is 1.28. The fraction of sp³-hybridized carbons (Fsp3) is 0.429. The summed E-state index contributed by atoms with van der Waals surface area (Å²) in [6, 6.07) is 0. The Morgan fingerprint density at radius 2 is 2.00 bits per heavy atom. The van der Waals surface area contributed by atoms with Gasteiger partial charge in [-0.25, -0.2) is 4.79 Å². The second-order valence-corrected chi connectivity index (χ2v) is 3.92. The van der Waals surface area contributed by atoms with E-state index in [2.05, 4.69) is 0 Å². The van der Waals surface area contributed by atoms with E-state index >= 15 is 0 Å². The highest BCUT2D eigenvalue weighted by molar-refractivity contribution is 8.04. The number of hydrogen-bond donors (Lipinski definition) is 1. The maximum atomic E-state index is 10.3. The normalized spacial score (nSPS) is 11.8. The molecule has 0 fully saturated rings. The van der Waals surface area contributed by atoms with E-state index < -0.39 is 11.9 Å². The zero-order chi connectivity index (χ0) is 9.72. The average molecular weight is 189 g/mol. The van der Waals surface area contributed by atoms with Gasteiger partial charge in [0.05, 0.1) is 5.97 Å². The van der Waals surface area contributed by atoms with Crippen LogP contribution in [0.25, 0.3) is 0 Å². The van der Waals surface area contributed by atoms with E-state index in [-0.39, 0.29) is 10.2 Å². The zero-order valence-electron chi connectivity index (χ0n) is 6.73. The molecule has 1 N–H and O–H groups in total. The van der Waals surface area contributed by atoms with Crippen molar-refractivity contribution in [2.45, 2.75) is 19.1 Å². The van der Waals surface area contributed by atoms with E-state index in [0.717, 1.165) is 11.8 Å². The fourth-order valence-electron chi connectivity index (χ4n) is 0.507. The Balaban J connectivity index is 4.44. The van der Waals surface area contributed by atoms with Crippen LogP contribution < -0.4 is 5.11 Å². The molecular weight excluding hydrogens is 180 g/mol. The minimum absolute atomic E-state index is 0.0218. The quantitative estimate of drug-likeness (QED) is 0.622. The monoisotopic (exact) mass is 189 g/mol. The highest BCUT2D eigenvalue weighted by Crippen LogP contribution is 2.20. The van der Waals surface area contributed by atoms with Gasteiger partial charge in [-0.2, -0.15) is 0 Å². The van der Waals surface area contributed by atoms with Crippen molar-refractivity contribution in [3.63, 3.8) is 0 Å². The van der Waals surface area contributed by atoms with Crippen molar-refractivity contribution in [3.05, 3.63) is 11.0 Å².